The topological polar surface area (TPSA) is 27.1 Å². The molecule has 0 aliphatic rings. The monoisotopic (exact) mass is 270 g/mol. The molecule has 2 aromatic carbocycles. The highest BCUT2D eigenvalue weighted by molar-refractivity contribution is 5.75. The Labute approximate surface area is 116 Å². The highest BCUT2D eigenvalue weighted by Crippen LogP contribution is 2.23. The van der Waals surface area contributed by atoms with Crippen molar-refractivity contribution in [1.82, 2.24) is 9.55 Å². The number of imidazole rings is 1. The van der Waals surface area contributed by atoms with Crippen molar-refractivity contribution in [2.24, 2.45) is 0 Å². The van der Waals surface area contributed by atoms with Crippen LogP contribution in [0, 0.1) is 12.7 Å². The van der Waals surface area contributed by atoms with E-state index in [1.807, 2.05) is 35.8 Å². The van der Waals surface area contributed by atoms with Crippen LogP contribution in [0.15, 0.2) is 42.5 Å². The highest BCUT2D eigenvalue weighted by Gasteiger charge is 2.12. The number of nitrogens with zero attached hydrogens (tertiary/aromatic N) is 2. The van der Waals surface area contributed by atoms with Crippen LogP contribution < -0.4 is 4.74 Å². The molecule has 0 atom stereocenters. The average Bonchev–Trinajstić information content (AvgIpc) is 2.77. The van der Waals surface area contributed by atoms with Gasteiger partial charge in [0.05, 0.1) is 24.7 Å². The summed E-state index contributed by atoms with van der Waals surface area (Å²) >= 11 is 0. The molecule has 1 aromatic heterocycles. The molecule has 3 rings (SSSR count). The van der Waals surface area contributed by atoms with Crippen molar-refractivity contribution in [2.45, 2.75) is 13.5 Å². The summed E-state index contributed by atoms with van der Waals surface area (Å²) in [6.07, 6.45) is 0. The van der Waals surface area contributed by atoms with Gasteiger partial charge >= 0.3 is 0 Å². The second-order valence-electron chi connectivity index (χ2n) is 4.67. The Morgan fingerprint density at radius 2 is 1.95 bits per heavy atom. The molecule has 0 saturated carbocycles. The van der Waals surface area contributed by atoms with E-state index >= 15 is 0 Å². The van der Waals surface area contributed by atoms with Crippen molar-refractivity contribution >= 4 is 11.0 Å². The molecule has 0 radical (unpaired) electrons. The molecule has 20 heavy (non-hydrogen) atoms. The van der Waals surface area contributed by atoms with Gasteiger partial charge in [-0.2, -0.15) is 0 Å². The van der Waals surface area contributed by atoms with Crippen molar-refractivity contribution in [3.63, 3.8) is 0 Å². The minimum absolute atomic E-state index is 0.268. The van der Waals surface area contributed by atoms with E-state index < -0.39 is 0 Å². The number of hydrogen-bond donors (Lipinski definition) is 0. The van der Waals surface area contributed by atoms with Crippen molar-refractivity contribution in [2.75, 3.05) is 7.11 Å². The van der Waals surface area contributed by atoms with Crippen LogP contribution in [0.4, 0.5) is 4.39 Å². The van der Waals surface area contributed by atoms with Crippen molar-refractivity contribution in [3.05, 3.63) is 59.7 Å². The van der Waals surface area contributed by atoms with Gasteiger partial charge in [0.15, 0.2) is 11.6 Å². The van der Waals surface area contributed by atoms with Crippen LogP contribution in [-0.4, -0.2) is 16.7 Å². The molecule has 0 amide bonds. The third-order valence-corrected chi connectivity index (χ3v) is 3.44. The maximum atomic E-state index is 14.2. The van der Waals surface area contributed by atoms with Crippen LogP contribution in [0.2, 0.25) is 0 Å². The van der Waals surface area contributed by atoms with E-state index in [1.54, 1.807) is 18.2 Å². The summed E-state index contributed by atoms with van der Waals surface area (Å²) in [5.41, 5.74) is 2.52. The maximum Gasteiger partial charge on any atom is 0.170 e. The van der Waals surface area contributed by atoms with E-state index in [0.29, 0.717) is 12.1 Å². The SMILES string of the molecule is COc1cccc(Cn2c(C)nc3ccccc32)c1F. The Morgan fingerprint density at radius 1 is 1.15 bits per heavy atom. The normalized spacial score (nSPS) is 10.9. The van der Waals surface area contributed by atoms with Gasteiger partial charge in [0, 0.05) is 5.56 Å². The lowest BCUT2D eigenvalue weighted by Gasteiger charge is -2.10. The first-order valence-corrected chi connectivity index (χ1v) is 6.44. The van der Waals surface area contributed by atoms with Crippen LogP contribution in [0.5, 0.6) is 5.75 Å². The number of halogens is 1. The van der Waals surface area contributed by atoms with Gasteiger partial charge in [-0.15, -0.1) is 0 Å². The summed E-state index contributed by atoms with van der Waals surface area (Å²) in [7, 11) is 1.47. The molecule has 4 heteroatoms. The molecule has 102 valence electrons. The minimum Gasteiger partial charge on any atom is -0.494 e. The summed E-state index contributed by atoms with van der Waals surface area (Å²) in [5.74, 6) is 0.824. The number of fused-ring (bicyclic) bond motifs is 1. The summed E-state index contributed by atoms with van der Waals surface area (Å²) in [5, 5.41) is 0. The standard InChI is InChI=1S/C16H15FN2O/c1-11-18-13-7-3-4-8-14(13)19(11)10-12-6-5-9-15(20-2)16(12)17/h3-9H,10H2,1-2H3. The molecule has 0 unspecified atom stereocenters. The second kappa shape index (κ2) is 4.96. The molecule has 0 bridgehead atoms. The van der Waals surface area contributed by atoms with Crippen molar-refractivity contribution in [3.8, 4) is 5.75 Å². The predicted molar refractivity (Wildman–Crippen MR) is 76.5 cm³/mol. The van der Waals surface area contributed by atoms with Gasteiger partial charge in [0.25, 0.3) is 0 Å². The molecule has 1 heterocycles. The van der Waals surface area contributed by atoms with Gasteiger partial charge in [-0.3, -0.25) is 0 Å². The van der Waals surface area contributed by atoms with Gasteiger partial charge in [-0.1, -0.05) is 24.3 Å². The number of hydrogen-bond acceptors (Lipinski definition) is 2. The minimum atomic E-state index is -0.313. The lowest BCUT2D eigenvalue weighted by Crippen LogP contribution is -2.05. The first-order chi connectivity index (χ1) is 9.70. The smallest absolute Gasteiger partial charge is 0.170 e. The third-order valence-electron chi connectivity index (χ3n) is 3.44. The molecule has 0 fully saturated rings. The van der Waals surface area contributed by atoms with E-state index in [9.17, 15) is 4.39 Å². The fourth-order valence-corrected chi connectivity index (χ4v) is 2.40. The molecule has 0 spiro atoms. The quantitative estimate of drug-likeness (QED) is 0.728. The highest BCUT2D eigenvalue weighted by atomic mass is 19.1. The van der Waals surface area contributed by atoms with E-state index in [1.165, 1.54) is 7.11 Å². The molecular weight excluding hydrogens is 255 g/mol. The molecule has 0 N–H and O–H groups in total. The van der Waals surface area contributed by atoms with Crippen LogP contribution in [-0.2, 0) is 6.54 Å². The number of rotatable bonds is 3. The molecule has 3 nitrogen and oxygen atoms in total. The van der Waals surface area contributed by atoms with Gasteiger partial charge in [-0.25, -0.2) is 9.37 Å². The first kappa shape index (κ1) is 12.7. The van der Waals surface area contributed by atoms with Crippen molar-refractivity contribution < 1.29 is 9.13 Å². The lowest BCUT2D eigenvalue weighted by atomic mass is 10.2. The van der Waals surface area contributed by atoms with Crippen LogP contribution in [0.3, 0.4) is 0 Å². The van der Waals surface area contributed by atoms with Crippen LogP contribution in [0.25, 0.3) is 11.0 Å². The Hall–Kier alpha value is -2.36. The zero-order valence-corrected chi connectivity index (χ0v) is 11.4. The van der Waals surface area contributed by atoms with Crippen molar-refractivity contribution in [1.29, 1.82) is 0 Å². The second-order valence-corrected chi connectivity index (χ2v) is 4.67. The fraction of sp³-hybridized carbons (Fsp3) is 0.188. The predicted octanol–water partition coefficient (Wildman–Crippen LogP) is 3.54. The fourth-order valence-electron chi connectivity index (χ4n) is 2.40. The Morgan fingerprint density at radius 3 is 2.75 bits per heavy atom. The van der Waals surface area contributed by atoms with E-state index in [0.717, 1.165) is 16.9 Å². The van der Waals surface area contributed by atoms with Gasteiger partial charge in [0.1, 0.15) is 5.82 Å². The zero-order chi connectivity index (χ0) is 14.1. The summed E-state index contributed by atoms with van der Waals surface area (Å²) in [6.45, 7) is 2.37. The summed E-state index contributed by atoms with van der Waals surface area (Å²) in [6, 6.07) is 13.1. The molecule has 3 aromatic rings. The Kier molecular flexibility index (Phi) is 3.14. The molecule has 0 aliphatic heterocycles. The molecule has 0 aliphatic carbocycles. The van der Waals surface area contributed by atoms with Gasteiger partial charge in [0.2, 0.25) is 0 Å². The largest absolute Gasteiger partial charge is 0.494 e. The summed E-state index contributed by atoms with van der Waals surface area (Å²) < 4.78 is 21.3. The zero-order valence-electron chi connectivity index (χ0n) is 11.4. The Balaban J connectivity index is 2.08. The Bertz CT molecular complexity index is 764. The number of para-hydroxylation sites is 2. The van der Waals surface area contributed by atoms with Crippen LogP contribution >= 0.6 is 0 Å². The third kappa shape index (κ3) is 2.03. The lowest BCUT2D eigenvalue weighted by molar-refractivity contribution is 0.383. The van der Waals surface area contributed by atoms with Gasteiger partial charge < -0.3 is 9.30 Å². The molecule has 0 saturated heterocycles. The van der Waals surface area contributed by atoms with Gasteiger partial charge in [-0.05, 0) is 25.1 Å². The number of benzene rings is 2. The van der Waals surface area contributed by atoms with Crippen LogP contribution in [0.1, 0.15) is 11.4 Å². The first-order valence-electron chi connectivity index (χ1n) is 6.44. The average molecular weight is 270 g/mol. The summed E-state index contributed by atoms with van der Waals surface area (Å²) in [4.78, 5) is 4.49. The maximum absolute atomic E-state index is 14.2. The van der Waals surface area contributed by atoms with E-state index in [4.69, 9.17) is 4.74 Å². The number of methoxy groups -OCH3 is 1. The molecular formula is C16H15FN2O. The number of aromatic nitrogens is 2. The van der Waals surface area contributed by atoms with E-state index in [-0.39, 0.29) is 11.6 Å². The van der Waals surface area contributed by atoms with E-state index in [2.05, 4.69) is 4.98 Å². The number of ether oxygens (including phenoxy) is 1. The number of aryl methyl sites for hydroxylation is 1.